The molecule has 0 atom stereocenters. The first-order chi connectivity index (χ1) is 9.24. The van der Waals surface area contributed by atoms with Crippen molar-refractivity contribution in [3.05, 3.63) is 29.8 Å². The molecule has 1 fully saturated rings. The highest BCUT2D eigenvalue weighted by Crippen LogP contribution is 2.06. The number of benzene rings is 1. The lowest BCUT2D eigenvalue weighted by atomic mass is 10.2. The van der Waals surface area contributed by atoms with Crippen molar-refractivity contribution in [3.63, 3.8) is 0 Å². The van der Waals surface area contributed by atoms with E-state index in [0.29, 0.717) is 17.9 Å². The number of hydrogen-bond acceptors (Lipinski definition) is 4. The molecule has 1 aromatic carbocycles. The Kier molecular flexibility index (Phi) is 7.66. The average Bonchev–Trinajstić information content (AvgIpc) is 2.48. The van der Waals surface area contributed by atoms with Gasteiger partial charge in [-0.05, 0) is 56.6 Å². The number of nitrogens with one attached hydrogen (secondary N) is 1. The van der Waals surface area contributed by atoms with Crippen LogP contribution in [0.5, 0.6) is 0 Å². The first-order valence-electron chi connectivity index (χ1n) is 6.97. The van der Waals surface area contributed by atoms with Crippen LogP contribution in [0.3, 0.4) is 0 Å². The molecule has 4 heteroatoms. The maximum atomic E-state index is 11.3. The third-order valence-corrected chi connectivity index (χ3v) is 2.79. The monoisotopic (exact) mass is 264 g/mol. The van der Waals surface area contributed by atoms with Crippen molar-refractivity contribution in [3.8, 4) is 0 Å². The molecule has 1 saturated heterocycles. The number of piperidine rings is 1. The summed E-state index contributed by atoms with van der Waals surface area (Å²) in [7, 11) is 0. The van der Waals surface area contributed by atoms with Crippen molar-refractivity contribution < 1.29 is 9.53 Å². The summed E-state index contributed by atoms with van der Waals surface area (Å²) < 4.78 is 4.94. The van der Waals surface area contributed by atoms with Gasteiger partial charge in [-0.25, -0.2) is 4.79 Å². The molecule has 1 aliphatic heterocycles. The Labute approximate surface area is 115 Å². The summed E-state index contributed by atoms with van der Waals surface area (Å²) in [5, 5.41) is 3.28. The second-order valence-corrected chi connectivity index (χ2v) is 4.57. The zero-order valence-electron chi connectivity index (χ0n) is 11.7. The highest BCUT2D eigenvalue weighted by Gasteiger charge is 2.04. The second kappa shape index (κ2) is 9.39. The van der Waals surface area contributed by atoms with Gasteiger partial charge in [0, 0.05) is 5.69 Å². The normalized spacial score (nSPS) is 14.2. The van der Waals surface area contributed by atoms with Crippen LogP contribution < -0.4 is 11.1 Å². The zero-order valence-corrected chi connectivity index (χ0v) is 11.7. The molecular formula is C15H24N2O2. The second-order valence-electron chi connectivity index (χ2n) is 4.57. The third-order valence-electron chi connectivity index (χ3n) is 2.79. The van der Waals surface area contributed by atoms with Crippen LogP contribution in [0.15, 0.2) is 24.3 Å². The number of nitrogens with two attached hydrogens (primary N) is 1. The molecule has 0 aromatic heterocycles. The van der Waals surface area contributed by atoms with Crippen LogP contribution in [-0.4, -0.2) is 25.7 Å². The fraction of sp³-hybridized carbons (Fsp3) is 0.533. The SMILES string of the molecule is C1CCNCC1.CCCOC(=O)c1ccc(N)cc1. The van der Waals surface area contributed by atoms with E-state index >= 15 is 0 Å². The molecular weight excluding hydrogens is 240 g/mol. The van der Waals surface area contributed by atoms with Gasteiger partial charge in [-0.3, -0.25) is 0 Å². The van der Waals surface area contributed by atoms with E-state index in [4.69, 9.17) is 10.5 Å². The molecule has 0 saturated carbocycles. The van der Waals surface area contributed by atoms with Crippen molar-refractivity contribution in [2.45, 2.75) is 32.6 Å². The molecule has 0 amide bonds. The maximum Gasteiger partial charge on any atom is 0.338 e. The van der Waals surface area contributed by atoms with Crippen LogP contribution in [0.2, 0.25) is 0 Å². The number of ether oxygens (including phenoxy) is 1. The molecule has 1 heterocycles. The van der Waals surface area contributed by atoms with Gasteiger partial charge >= 0.3 is 5.97 Å². The number of esters is 1. The quantitative estimate of drug-likeness (QED) is 0.650. The molecule has 19 heavy (non-hydrogen) atoms. The van der Waals surface area contributed by atoms with Crippen molar-refractivity contribution in [1.29, 1.82) is 0 Å². The predicted molar refractivity (Wildman–Crippen MR) is 78.1 cm³/mol. The van der Waals surface area contributed by atoms with Gasteiger partial charge < -0.3 is 15.8 Å². The Bertz CT molecular complexity index is 347. The smallest absolute Gasteiger partial charge is 0.338 e. The van der Waals surface area contributed by atoms with Crippen LogP contribution in [0.4, 0.5) is 5.69 Å². The molecule has 0 spiro atoms. The Morgan fingerprint density at radius 1 is 1.21 bits per heavy atom. The minimum Gasteiger partial charge on any atom is -0.462 e. The van der Waals surface area contributed by atoms with E-state index in [9.17, 15) is 4.79 Å². The summed E-state index contributed by atoms with van der Waals surface area (Å²) in [5.41, 5.74) is 6.66. The largest absolute Gasteiger partial charge is 0.462 e. The van der Waals surface area contributed by atoms with Crippen molar-refractivity contribution in [2.75, 3.05) is 25.4 Å². The van der Waals surface area contributed by atoms with E-state index in [2.05, 4.69) is 5.32 Å². The third kappa shape index (κ3) is 6.82. The van der Waals surface area contributed by atoms with Gasteiger partial charge in [-0.1, -0.05) is 13.3 Å². The average molecular weight is 264 g/mol. The summed E-state index contributed by atoms with van der Waals surface area (Å²) in [6, 6.07) is 6.69. The predicted octanol–water partition coefficient (Wildman–Crippen LogP) is 2.60. The summed E-state index contributed by atoms with van der Waals surface area (Å²) in [6.45, 7) is 4.92. The standard InChI is InChI=1S/C10H13NO2.C5H11N/c1-2-7-13-10(12)8-3-5-9(11)6-4-8;1-2-4-6-5-3-1/h3-6H,2,7,11H2,1H3;6H,1-5H2. The van der Waals surface area contributed by atoms with Gasteiger partial charge in [0.15, 0.2) is 0 Å². The van der Waals surface area contributed by atoms with Gasteiger partial charge in [-0.2, -0.15) is 0 Å². The molecule has 0 radical (unpaired) electrons. The highest BCUT2D eigenvalue weighted by molar-refractivity contribution is 5.89. The van der Waals surface area contributed by atoms with Gasteiger partial charge in [0.1, 0.15) is 0 Å². The number of rotatable bonds is 3. The molecule has 1 aliphatic rings. The van der Waals surface area contributed by atoms with E-state index < -0.39 is 0 Å². The van der Waals surface area contributed by atoms with Gasteiger partial charge in [0.25, 0.3) is 0 Å². The van der Waals surface area contributed by atoms with Gasteiger partial charge in [0.2, 0.25) is 0 Å². The minimum absolute atomic E-state index is 0.290. The number of nitrogen functional groups attached to an aromatic ring is 1. The molecule has 1 aromatic rings. The minimum atomic E-state index is -0.290. The topological polar surface area (TPSA) is 64.3 Å². The molecule has 0 aliphatic carbocycles. The van der Waals surface area contributed by atoms with Crippen LogP contribution in [0.1, 0.15) is 43.0 Å². The van der Waals surface area contributed by atoms with E-state index in [0.717, 1.165) is 6.42 Å². The number of hydrogen-bond donors (Lipinski definition) is 2. The zero-order chi connectivity index (χ0) is 13.9. The van der Waals surface area contributed by atoms with E-state index in [1.165, 1.54) is 32.4 Å². The summed E-state index contributed by atoms with van der Waals surface area (Å²) in [6.07, 6.45) is 5.05. The molecule has 0 bridgehead atoms. The van der Waals surface area contributed by atoms with Crippen molar-refractivity contribution in [2.24, 2.45) is 0 Å². The fourth-order valence-electron chi connectivity index (χ4n) is 1.70. The van der Waals surface area contributed by atoms with Gasteiger partial charge in [0.05, 0.1) is 12.2 Å². The molecule has 0 unspecified atom stereocenters. The summed E-state index contributed by atoms with van der Waals surface area (Å²) in [5.74, 6) is -0.290. The first-order valence-corrected chi connectivity index (χ1v) is 6.97. The number of anilines is 1. The molecule has 3 N–H and O–H groups in total. The molecule has 2 rings (SSSR count). The Morgan fingerprint density at radius 3 is 2.26 bits per heavy atom. The fourth-order valence-corrected chi connectivity index (χ4v) is 1.70. The van der Waals surface area contributed by atoms with Crippen LogP contribution in [0, 0.1) is 0 Å². The number of carbonyl (C=O) groups is 1. The lowest BCUT2D eigenvalue weighted by Gasteiger charge is -2.08. The molecule has 106 valence electrons. The van der Waals surface area contributed by atoms with Crippen LogP contribution >= 0.6 is 0 Å². The lowest BCUT2D eigenvalue weighted by molar-refractivity contribution is 0.0505. The van der Waals surface area contributed by atoms with E-state index in [-0.39, 0.29) is 5.97 Å². The first kappa shape index (κ1) is 15.5. The lowest BCUT2D eigenvalue weighted by Crippen LogP contribution is -2.21. The van der Waals surface area contributed by atoms with E-state index in [1.807, 2.05) is 6.92 Å². The van der Waals surface area contributed by atoms with Crippen LogP contribution in [-0.2, 0) is 4.74 Å². The Morgan fingerprint density at radius 2 is 1.84 bits per heavy atom. The maximum absolute atomic E-state index is 11.3. The Hall–Kier alpha value is -1.55. The van der Waals surface area contributed by atoms with Crippen LogP contribution in [0.25, 0.3) is 0 Å². The highest BCUT2D eigenvalue weighted by atomic mass is 16.5. The van der Waals surface area contributed by atoms with E-state index in [1.54, 1.807) is 24.3 Å². The van der Waals surface area contributed by atoms with Gasteiger partial charge in [-0.15, -0.1) is 0 Å². The summed E-state index contributed by atoms with van der Waals surface area (Å²) >= 11 is 0. The van der Waals surface area contributed by atoms with Crippen molar-refractivity contribution in [1.82, 2.24) is 5.32 Å². The van der Waals surface area contributed by atoms with Crippen molar-refractivity contribution >= 4 is 11.7 Å². The Balaban J connectivity index is 0.000000250. The number of carbonyl (C=O) groups excluding carboxylic acids is 1. The molecule has 4 nitrogen and oxygen atoms in total. The summed E-state index contributed by atoms with van der Waals surface area (Å²) in [4.78, 5) is 11.3.